The lowest BCUT2D eigenvalue weighted by molar-refractivity contribution is -0.0449. The summed E-state index contributed by atoms with van der Waals surface area (Å²) < 4.78 is 5.08. The molecule has 2 aromatic heterocycles. The van der Waals surface area contributed by atoms with Crippen molar-refractivity contribution in [3.8, 4) is 0 Å². The van der Waals surface area contributed by atoms with Gasteiger partial charge >= 0.3 is 0 Å². The molecule has 3 N–H and O–H groups in total. The molecule has 4 aliphatic carbocycles. The highest BCUT2D eigenvalue weighted by Gasteiger charge is 2.58. The summed E-state index contributed by atoms with van der Waals surface area (Å²) in [6.45, 7) is 1.41. The molecular weight excluding hydrogens is 430 g/mol. The van der Waals surface area contributed by atoms with Gasteiger partial charge in [-0.05, 0) is 81.0 Å². The van der Waals surface area contributed by atoms with Gasteiger partial charge in [-0.25, -0.2) is 4.98 Å². The van der Waals surface area contributed by atoms with E-state index in [-0.39, 0.29) is 22.9 Å². The van der Waals surface area contributed by atoms with Gasteiger partial charge in [0.05, 0.1) is 0 Å². The normalized spacial score (nSPS) is 29.0. The first kappa shape index (κ1) is 22.8. The van der Waals surface area contributed by atoms with Gasteiger partial charge in [0.15, 0.2) is 0 Å². The quantitative estimate of drug-likeness (QED) is 0.494. The Morgan fingerprint density at radius 2 is 1.65 bits per heavy atom. The van der Waals surface area contributed by atoms with Crippen LogP contribution in [-0.4, -0.2) is 53.1 Å². The average molecular weight is 464 g/mol. The van der Waals surface area contributed by atoms with Gasteiger partial charge < -0.3 is 20.7 Å². The van der Waals surface area contributed by atoms with E-state index >= 15 is 0 Å². The highest BCUT2D eigenvalue weighted by molar-refractivity contribution is 5.94. The maximum absolute atomic E-state index is 13.3. The maximum Gasteiger partial charge on any atom is 0.270 e. The van der Waals surface area contributed by atoms with E-state index < -0.39 is 0 Å². The molecule has 0 aliphatic heterocycles. The van der Waals surface area contributed by atoms with Crippen LogP contribution in [0.1, 0.15) is 65.9 Å². The van der Waals surface area contributed by atoms with E-state index in [0.29, 0.717) is 35.6 Å². The first-order chi connectivity index (χ1) is 16.5. The molecule has 0 radical (unpaired) electrons. The van der Waals surface area contributed by atoms with Crippen LogP contribution in [0.5, 0.6) is 0 Å². The molecule has 4 saturated carbocycles. The number of pyridine rings is 2. The number of aromatic nitrogens is 2. The molecule has 0 saturated heterocycles. The summed E-state index contributed by atoms with van der Waals surface area (Å²) in [5.41, 5.74) is 0.265. The number of hydrogen-bond acceptors (Lipinski definition) is 6. The lowest BCUT2D eigenvalue weighted by atomic mass is 9.49. The molecule has 0 spiro atoms. The Hall–Kier alpha value is -3.00. The molecule has 4 aliphatic rings. The summed E-state index contributed by atoms with van der Waals surface area (Å²) in [5, 5.41) is 9.95. The summed E-state index contributed by atoms with van der Waals surface area (Å²) in [6.07, 6.45) is 8.31. The van der Waals surface area contributed by atoms with Crippen molar-refractivity contribution in [3.63, 3.8) is 0 Å². The number of carbonyl (C=O) groups excluding carboxylic acids is 2. The van der Waals surface area contributed by atoms with E-state index in [1.165, 1.54) is 6.42 Å². The lowest BCUT2D eigenvalue weighted by Gasteiger charge is -2.62. The Morgan fingerprint density at radius 1 is 0.971 bits per heavy atom. The zero-order valence-electron chi connectivity index (χ0n) is 19.7. The second-order valence-corrected chi connectivity index (χ2v) is 10.3. The molecule has 2 aromatic rings. The van der Waals surface area contributed by atoms with Gasteiger partial charge in [0.1, 0.15) is 17.2 Å². The molecule has 4 fully saturated rings. The molecule has 2 heterocycles. The first-order valence-corrected chi connectivity index (χ1v) is 12.2. The number of hydrogen-bond donors (Lipinski definition) is 3. The van der Waals surface area contributed by atoms with Crippen molar-refractivity contribution < 1.29 is 14.3 Å². The van der Waals surface area contributed by atoms with Crippen LogP contribution in [0.4, 0.5) is 5.82 Å². The fraction of sp³-hybridized carbons (Fsp3) is 0.538. The summed E-state index contributed by atoms with van der Waals surface area (Å²) in [5.74, 6) is 1.43. The average Bonchev–Trinajstić information content (AvgIpc) is 2.81. The molecule has 0 aromatic carbocycles. The van der Waals surface area contributed by atoms with Crippen LogP contribution >= 0.6 is 0 Å². The summed E-state index contributed by atoms with van der Waals surface area (Å²) in [6, 6.07) is 10.9. The number of rotatable bonds is 9. The van der Waals surface area contributed by atoms with Crippen LogP contribution in [0.15, 0.2) is 42.6 Å². The van der Waals surface area contributed by atoms with Crippen molar-refractivity contribution in [1.29, 1.82) is 0 Å². The molecule has 6 rings (SSSR count). The largest absolute Gasteiger partial charge is 0.385 e. The number of ether oxygens (including phenoxy) is 1. The molecule has 4 bridgehead atoms. The van der Waals surface area contributed by atoms with Crippen LogP contribution in [-0.2, 0) is 4.74 Å². The van der Waals surface area contributed by atoms with Gasteiger partial charge in [0, 0.05) is 37.5 Å². The van der Waals surface area contributed by atoms with Crippen LogP contribution in [0, 0.1) is 11.8 Å². The van der Waals surface area contributed by atoms with E-state index in [4.69, 9.17) is 4.74 Å². The van der Waals surface area contributed by atoms with Crippen molar-refractivity contribution in [3.05, 3.63) is 54.0 Å². The monoisotopic (exact) mass is 463 g/mol. The molecule has 2 unspecified atom stereocenters. The van der Waals surface area contributed by atoms with Crippen molar-refractivity contribution in [2.24, 2.45) is 11.8 Å². The van der Waals surface area contributed by atoms with Gasteiger partial charge in [0.25, 0.3) is 11.8 Å². The van der Waals surface area contributed by atoms with Crippen molar-refractivity contribution in [2.45, 2.75) is 56.0 Å². The van der Waals surface area contributed by atoms with Crippen LogP contribution in [0.3, 0.4) is 0 Å². The van der Waals surface area contributed by atoms with Gasteiger partial charge in [-0.2, -0.15) is 0 Å². The lowest BCUT2D eigenvalue weighted by Crippen LogP contribution is -2.69. The zero-order chi connectivity index (χ0) is 23.6. The second kappa shape index (κ2) is 9.33. The minimum atomic E-state index is -0.303. The second-order valence-electron chi connectivity index (χ2n) is 10.3. The highest BCUT2D eigenvalue weighted by Crippen LogP contribution is 2.57. The van der Waals surface area contributed by atoms with Crippen molar-refractivity contribution >= 4 is 17.6 Å². The van der Waals surface area contributed by atoms with E-state index in [1.54, 1.807) is 25.4 Å². The van der Waals surface area contributed by atoms with Crippen LogP contribution < -0.4 is 16.0 Å². The van der Waals surface area contributed by atoms with Gasteiger partial charge in [-0.15, -0.1) is 0 Å². The maximum atomic E-state index is 13.3. The predicted molar refractivity (Wildman–Crippen MR) is 129 cm³/mol. The Bertz CT molecular complexity index is 1030. The number of methoxy groups -OCH3 is 1. The minimum Gasteiger partial charge on any atom is -0.385 e. The third-order valence-electron chi connectivity index (χ3n) is 7.53. The van der Waals surface area contributed by atoms with Crippen molar-refractivity contribution in [1.82, 2.24) is 20.6 Å². The van der Waals surface area contributed by atoms with Gasteiger partial charge in [0.2, 0.25) is 0 Å². The Morgan fingerprint density at radius 3 is 2.29 bits per heavy atom. The number of nitrogens with zero attached hydrogens (tertiary/aromatic N) is 2. The first-order valence-electron chi connectivity index (χ1n) is 12.2. The molecule has 2 atom stereocenters. The third kappa shape index (κ3) is 4.78. The number of carbonyl (C=O) groups is 2. The molecule has 180 valence electrons. The highest BCUT2D eigenvalue weighted by atomic mass is 16.5. The Balaban J connectivity index is 1.29. The third-order valence-corrected chi connectivity index (χ3v) is 7.53. The van der Waals surface area contributed by atoms with Crippen LogP contribution in [0.25, 0.3) is 0 Å². The number of anilines is 1. The van der Waals surface area contributed by atoms with E-state index in [1.807, 2.05) is 24.3 Å². The smallest absolute Gasteiger partial charge is 0.270 e. The van der Waals surface area contributed by atoms with Gasteiger partial charge in [-0.1, -0.05) is 12.1 Å². The summed E-state index contributed by atoms with van der Waals surface area (Å²) >= 11 is 0. The topological polar surface area (TPSA) is 105 Å². The standard InChI is InChI=1S/C26H33N5O3/c1-34-11-5-10-28-22-8-4-7-21(29-22)24(33)31-26-15-18-12-19(16-26)14-25(13-18,17-26)30-23(32)20-6-2-3-9-27-20/h2-4,6-9,18-19H,5,10-17H2,1H3,(H,28,29)(H,30,32)(H,31,33). The molecular formula is C26H33N5O3. The Labute approximate surface area is 200 Å². The molecule has 34 heavy (non-hydrogen) atoms. The molecule has 2 amide bonds. The summed E-state index contributed by atoms with van der Waals surface area (Å²) in [4.78, 5) is 35.0. The predicted octanol–water partition coefficient (Wildman–Crippen LogP) is 3.18. The fourth-order valence-electron chi connectivity index (χ4n) is 6.75. The number of nitrogens with one attached hydrogen (secondary N) is 3. The van der Waals surface area contributed by atoms with Crippen LogP contribution in [0.2, 0.25) is 0 Å². The fourth-order valence-corrected chi connectivity index (χ4v) is 6.75. The molecule has 8 heteroatoms. The van der Waals surface area contributed by atoms with E-state index in [2.05, 4.69) is 25.9 Å². The van der Waals surface area contributed by atoms with Gasteiger partial charge in [-0.3, -0.25) is 14.6 Å². The minimum absolute atomic E-state index is 0.127. The molecule has 8 nitrogen and oxygen atoms in total. The zero-order valence-corrected chi connectivity index (χ0v) is 19.7. The van der Waals surface area contributed by atoms with E-state index in [9.17, 15) is 9.59 Å². The van der Waals surface area contributed by atoms with Crippen molar-refractivity contribution in [2.75, 3.05) is 25.6 Å². The summed E-state index contributed by atoms with van der Waals surface area (Å²) in [7, 11) is 1.68. The van der Waals surface area contributed by atoms with E-state index in [0.717, 1.165) is 45.1 Å². The number of amides is 2. The SMILES string of the molecule is COCCCNc1cccc(C(=O)NC23CC4CC(CC(NC(=O)c5ccccn5)(C4)C2)C3)n1. The Kier molecular flexibility index (Phi) is 6.25.